The van der Waals surface area contributed by atoms with Crippen LogP contribution in [0.5, 0.6) is 0 Å². The zero-order valence-electron chi connectivity index (χ0n) is 6.11. The number of hydrogen-bond donors (Lipinski definition) is 2. The van der Waals surface area contributed by atoms with E-state index < -0.39 is 14.2 Å². The van der Waals surface area contributed by atoms with Gasteiger partial charge in [0.25, 0.3) is 0 Å². The van der Waals surface area contributed by atoms with Gasteiger partial charge in [-0.25, -0.2) is 8.96 Å². The number of phosphoric acid groups is 1. The molecular formula is C2H7FLiO4P. The van der Waals surface area contributed by atoms with Gasteiger partial charge in [0.2, 0.25) is 6.36 Å². The summed E-state index contributed by atoms with van der Waals surface area (Å²) in [6.45, 7) is 0.888. The molecule has 4 nitrogen and oxygen atoms in total. The second-order valence-corrected chi connectivity index (χ2v) is 2.33. The van der Waals surface area contributed by atoms with E-state index in [1.807, 2.05) is 0 Å². The normalized spacial score (nSPS) is 14.2. The Balaban J connectivity index is -0.000000245. The van der Waals surface area contributed by atoms with Crippen LogP contribution in [0, 0.1) is 0 Å². The summed E-state index contributed by atoms with van der Waals surface area (Å²) in [5.41, 5.74) is 0. The molecule has 0 fully saturated rings. The zero-order valence-corrected chi connectivity index (χ0v) is 6.01. The maximum atomic E-state index is 11.5. The van der Waals surface area contributed by atoms with E-state index >= 15 is 0 Å². The van der Waals surface area contributed by atoms with Gasteiger partial charge in [-0.2, -0.15) is 0 Å². The van der Waals surface area contributed by atoms with Gasteiger partial charge in [0.15, 0.2) is 0 Å². The molecule has 9 heavy (non-hydrogen) atoms. The summed E-state index contributed by atoms with van der Waals surface area (Å²) in [4.78, 5) is 15.7. The Morgan fingerprint density at radius 2 is 2.11 bits per heavy atom. The van der Waals surface area contributed by atoms with Crippen molar-refractivity contribution in [2.24, 2.45) is 0 Å². The van der Waals surface area contributed by atoms with Crippen LogP contribution in [0.15, 0.2) is 0 Å². The van der Waals surface area contributed by atoms with E-state index in [2.05, 4.69) is 4.52 Å². The van der Waals surface area contributed by atoms with Gasteiger partial charge in [0.05, 0.1) is 0 Å². The smallest absolute Gasteiger partial charge is 1.00 e. The maximum absolute atomic E-state index is 11.5. The SMILES string of the molecule is CC(F)OP(=O)(O)O.[H-].[Li+]. The third kappa shape index (κ3) is 12.0. The number of alkyl halides is 1. The van der Waals surface area contributed by atoms with E-state index in [0.717, 1.165) is 6.92 Å². The Labute approximate surface area is 65.3 Å². The van der Waals surface area contributed by atoms with Gasteiger partial charge >= 0.3 is 26.7 Å². The van der Waals surface area contributed by atoms with Crippen molar-refractivity contribution in [1.29, 1.82) is 0 Å². The van der Waals surface area contributed by atoms with Crippen LogP contribution in [-0.4, -0.2) is 16.1 Å². The summed E-state index contributed by atoms with van der Waals surface area (Å²) < 4.78 is 24.6. The third-order valence-electron chi connectivity index (χ3n) is 0.283. The van der Waals surface area contributed by atoms with Crippen LogP contribution in [-0.2, 0) is 9.09 Å². The standard InChI is InChI=1S/C2H6FO4P.Li.H/c1-2(3)7-8(4,5)6;;/h2H,1H3,(H2,4,5,6);;/q;+1;-1. The van der Waals surface area contributed by atoms with Gasteiger partial charge in [-0.3, -0.25) is 4.52 Å². The molecule has 0 heterocycles. The molecule has 52 valence electrons. The fourth-order valence-corrected chi connectivity index (χ4v) is 0.568. The van der Waals surface area contributed by atoms with Crippen LogP contribution < -0.4 is 18.9 Å². The predicted octanol–water partition coefficient (Wildman–Crippen LogP) is -2.47. The van der Waals surface area contributed by atoms with E-state index in [0.29, 0.717) is 0 Å². The molecule has 0 radical (unpaired) electrons. The van der Waals surface area contributed by atoms with Gasteiger partial charge in [-0.05, 0) is 6.92 Å². The number of rotatable bonds is 2. The average Bonchev–Trinajstić information content (AvgIpc) is 1.21. The van der Waals surface area contributed by atoms with Crippen LogP contribution in [0.2, 0.25) is 0 Å². The van der Waals surface area contributed by atoms with Crippen LogP contribution in [0.1, 0.15) is 8.35 Å². The van der Waals surface area contributed by atoms with Crippen LogP contribution in [0.3, 0.4) is 0 Å². The Hall–Kier alpha value is 0.637. The quantitative estimate of drug-likeness (QED) is 0.340. The summed E-state index contributed by atoms with van der Waals surface area (Å²) in [5.74, 6) is 0. The first-order valence-corrected chi connectivity index (χ1v) is 3.33. The molecule has 0 spiro atoms. The molecule has 0 rings (SSSR count). The maximum Gasteiger partial charge on any atom is 1.00 e. The molecule has 0 saturated heterocycles. The molecule has 0 bridgehead atoms. The molecule has 0 aliphatic carbocycles. The van der Waals surface area contributed by atoms with Gasteiger partial charge in [-0.15, -0.1) is 0 Å². The first kappa shape index (κ1) is 12.3. The van der Waals surface area contributed by atoms with E-state index in [4.69, 9.17) is 9.79 Å². The van der Waals surface area contributed by atoms with Gasteiger partial charge < -0.3 is 11.2 Å². The van der Waals surface area contributed by atoms with E-state index in [-0.39, 0.29) is 20.3 Å². The van der Waals surface area contributed by atoms with Crippen molar-refractivity contribution in [2.45, 2.75) is 13.3 Å². The average molecular weight is 152 g/mol. The summed E-state index contributed by atoms with van der Waals surface area (Å²) in [5, 5.41) is 0. The molecule has 0 amide bonds. The minimum absolute atomic E-state index is 0. The Kier molecular flexibility index (Phi) is 6.10. The molecule has 7 heteroatoms. The summed E-state index contributed by atoms with van der Waals surface area (Å²) in [7, 11) is -4.60. The second kappa shape index (κ2) is 4.45. The largest absolute Gasteiger partial charge is 1.00 e. The van der Waals surface area contributed by atoms with Crippen molar-refractivity contribution in [3.05, 3.63) is 0 Å². The summed E-state index contributed by atoms with van der Waals surface area (Å²) >= 11 is 0. The molecule has 0 saturated carbocycles. The minimum Gasteiger partial charge on any atom is -1.00 e. The third-order valence-corrected chi connectivity index (χ3v) is 0.848. The number of halogens is 1. The van der Waals surface area contributed by atoms with Crippen molar-refractivity contribution in [3.63, 3.8) is 0 Å². The molecule has 1 atom stereocenters. The van der Waals surface area contributed by atoms with E-state index in [1.165, 1.54) is 0 Å². The first-order chi connectivity index (χ1) is 3.42. The van der Waals surface area contributed by atoms with Crippen LogP contribution >= 0.6 is 7.82 Å². The second-order valence-electron chi connectivity index (χ2n) is 1.14. The Morgan fingerprint density at radius 1 is 1.78 bits per heavy atom. The molecular weight excluding hydrogens is 145 g/mol. The molecule has 1 unspecified atom stereocenters. The molecule has 0 aliphatic rings. The molecule has 0 aromatic rings. The van der Waals surface area contributed by atoms with Crippen molar-refractivity contribution in [1.82, 2.24) is 0 Å². The van der Waals surface area contributed by atoms with E-state index in [1.54, 1.807) is 0 Å². The summed E-state index contributed by atoms with van der Waals surface area (Å²) in [6, 6.07) is 0. The first-order valence-electron chi connectivity index (χ1n) is 1.80. The zero-order chi connectivity index (χ0) is 6.78. The molecule has 0 aliphatic heterocycles. The van der Waals surface area contributed by atoms with Crippen molar-refractivity contribution < 1.29 is 43.6 Å². The van der Waals surface area contributed by atoms with Crippen molar-refractivity contribution in [3.8, 4) is 0 Å². The van der Waals surface area contributed by atoms with E-state index in [9.17, 15) is 8.96 Å². The van der Waals surface area contributed by atoms with Crippen LogP contribution in [0.25, 0.3) is 0 Å². The topological polar surface area (TPSA) is 66.8 Å². The number of phosphoric ester groups is 1. The minimum atomic E-state index is -4.60. The van der Waals surface area contributed by atoms with Crippen molar-refractivity contribution in [2.75, 3.05) is 0 Å². The summed E-state index contributed by atoms with van der Waals surface area (Å²) in [6.07, 6.45) is -1.92. The predicted molar refractivity (Wildman–Crippen MR) is 24.8 cm³/mol. The fourth-order valence-electron chi connectivity index (χ4n) is 0.189. The molecule has 0 aromatic carbocycles. The van der Waals surface area contributed by atoms with Crippen molar-refractivity contribution >= 4 is 7.82 Å². The fraction of sp³-hybridized carbons (Fsp3) is 1.00. The monoisotopic (exact) mass is 152 g/mol. The van der Waals surface area contributed by atoms with Gasteiger partial charge in [-0.1, -0.05) is 0 Å². The number of hydrogen-bond acceptors (Lipinski definition) is 2. The Bertz CT molecular complexity index is 116. The van der Waals surface area contributed by atoms with Crippen LogP contribution in [0.4, 0.5) is 4.39 Å². The molecule has 2 N–H and O–H groups in total. The van der Waals surface area contributed by atoms with Gasteiger partial charge in [0.1, 0.15) is 0 Å². The molecule has 0 aromatic heterocycles. The Morgan fingerprint density at radius 3 is 2.11 bits per heavy atom. The van der Waals surface area contributed by atoms with Gasteiger partial charge in [0, 0.05) is 0 Å².